The lowest BCUT2D eigenvalue weighted by molar-refractivity contribution is 0.0180. The van der Waals surface area contributed by atoms with E-state index in [0.29, 0.717) is 23.7 Å². The molecule has 1 fully saturated rings. The molecule has 4 aromatic carbocycles. The SMILES string of the molecule is CCc1ccc(Cc2ccc([C@H]3C[C@@H](OCc4ccccc4)C[C@@H](COCc4ccccc4)S3)cc2)cc1. The van der Waals surface area contributed by atoms with E-state index in [1.165, 1.54) is 33.4 Å². The molecule has 196 valence electrons. The van der Waals surface area contributed by atoms with Crippen LogP contribution in [0.2, 0.25) is 0 Å². The predicted octanol–water partition coefficient (Wildman–Crippen LogP) is 8.58. The van der Waals surface area contributed by atoms with Crippen LogP contribution in [0.5, 0.6) is 0 Å². The van der Waals surface area contributed by atoms with Crippen molar-refractivity contribution >= 4 is 11.8 Å². The highest BCUT2D eigenvalue weighted by atomic mass is 32.2. The third kappa shape index (κ3) is 7.83. The molecule has 3 heteroatoms. The Bertz CT molecular complexity index is 1220. The van der Waals surface area contributed by atoms with Crippen LogP contribution in [-0.4, -0.2) is 18.0 Å². The molecule has 0 aromatic heterocycles. The average molecular weight is 523 g/mol. The van der Waals surface area contributed by atoms with Gasteiger partial charge in [0.15, 0.2) is 0 Å². The van der Waals surface area contributed by atoms with Crippen molar-refractivity contribution < 1.29 is 9.47 Å². The van der Waals surface area contributed by atoms with Crippen LogP contribution in [0, 0.1) is 0 Å². The zero-order chi connectivity index (χ0) is 26.0. The number of rotatable bonds is 11. The van der Waals surface area contributed by atoms with Crippen molar-refractivity contribution in [2.75, 3.05) is 6.61 Å². The Morgan fingerprint density at radius 1 is 0.632 bits per heavy atom. The van der Waals surface area contributed by atoms with E-state index in [2.05, 4.69) is 122 Å². The van der Waals surface area contributed by atoms with Crippen LogP contribution in [0.25, 0.3) is 0 Å². The summed E-state index contributed by atoms with van der Waals surface area (Å²) in [7, 11) is 0. The van der Waals surface area contributed by atoms with Gasteiger partial charge in [0.05, 0.1) is 25.9 Å². The van der Waals surface area contributed by atoms with Gasteiger partial charge in [-0.2, -0.15) is 0 Å². The molecule has 4 aromatic rings. The summed E-state index contributed by atoms with van der Waals surface area (Å²) in [6.07, 6.45) is 4.34. The van der Waals surface area contributed by atoms with Crippen molar-refractivity contribution in [2.24, 2.45) is 0 Å². The van der Waals surface area contributed by atoms with Gasteiger partial charge < -0.3 is 9.47 Å². The van der Waals surface area contributed by atoms with Gasteiger partial charge in [0.25, 0.3) is 0 Å². The molecule has 1 aliphatic heterocycles. The molecule has 0 radical (unpaired) electrons. The first-order valence-corrected chi connectivity index (χ1v) is 14.8. The van der Waals surface area contributed by atoms with Gasteiger partial charge in [0.1, 0.15) is 0 Å². The molecule has 0 bridgehead atoms. The molecule has 0 unspecified atom stereocenters. The van der Waals surface area contributed by atoms with Gasteiger partial charge >= 0.3 is 0 Å². The summed E-state index contributed by atoms with van der Waals surface area (Å²) in [5.41, 5.74) is 7.97. The first-order chi connectivity index (χ1) is 18.7. The van der Waals surface area contributed by atoms with E-state index >= 15 is 0 Å². The van der Waals surface area contributed by atoms with Crippen LogP contribution in [0.15, 0.2) is 109 Å². The lowest BCUT2D eigenvalue weighted by atomic mass is 9.98. The lowest BCUT2D eigenvalue weighted by Crippen LogP contribution is -2.30. The maximum absolute atomic E-state index is 6.47. The van der Waals surface area contributed by atoms with Crippen LogP contribution in [-0.2, 0) is 35.5 Å². The van der Waals surface area contributed by atoms with E-state index in [0.717, 1.165) is 32.3 Å². The third-order valence-electron chi connectivity index (χ3n) is 7.29. The molecule has 0 N–H and O–H groups in total. The second kappa shape index (κ2) is 13.8. The van der Waals surface area contributed by atoms with Crippen LogP contribution in [0.4, 0.5) is 0 Å². The fraction of sp³-hybridized carbons (Fsp3) is 0.314. The summed E-state index contributed by atoms with van der Waals surface area (Å²) >= 11 is 2.05. The van der Waals surface area contributed by atoms with E-state index in [1.807, 2.05) is 6.07 Å². The van der Waals surface area contributed by atoms with Gasteiger partial charge in [-0.3, -0.25) is 0 Å². The first-order valence-electron chi connectivity index (χ1n) is 13.8. The van der Waals surface area contributed by atoms with Gasteiger partial charge in [-0.1, -0.05) is 116 Å². The summed E-state index contributed by atoms with van der Waals surface area (Å²) in [5, 5.41) is 0.822. The van der Waals surface area contributed by atoms with Gasteiger partial charge in [-0.05, 0) is 59.1 Å². The Hall–Kier alpha value is -2.85. The minimum atomic E-state index is 0.225. The molecule has 1 saturated heterocycles. The zero-order valence-corrected chi connectivity index (χ0v) is 23.1. The number of ether oxygens (including phenoxy) is 2. The summed E-state index contributed by atoms with van der Waals surface area (Å²) in [6, 6.07) is 39.2. The molecule has 0 amide bonds. The second-order valence-electron chi connectivity index (χ2n) is 10.2. The smallest absolute Gasteiger partial charge is 0.0720 e. The molecule has 0 saturated carbocycles. The van der Waals surface area contributed by atoms with Crippen molar-refractivity contribution in [1.29, 1.82) is 0 Å². The fourth-order valence-electron chi connectivity index (χ4n) is 5.08. The Morgan fingerprint density at radius 3 is 1.84 bits per heavy atom. The minimum absolute atomic E-state index is 0.225. The summed E-state index contributed by atoms with van der Waals surface area (Å²) in [5.74, 6) is 0. The summed E-state index contributed by atoms with van der Waals surface area (Å²) in [6.45, 7) is 4.27. The highest BCUT2D eigenvalue weighted by Gasteiger charge is 2.31. The zero-order valence-electron chi connectivity index (χ0n) is 22.3. The first kappa shape index (κ1) is 26.7. The maximum Gasteiger partial charge on any atom is 0.0720 e. The quantitative estimate of drug-likeness (QED) is 0.196. The molecule has 0 spiro atoms. The van der Waals surface area contributed by atoms with E-state index in [1.54, 1.807) is 0 Å². The Balaban J connectivity index is 1.22. The van der Waals surface area contributed by atoms with Crippen molar-refractivity contribution in [2.45, 2.75) is 62.4 Å². The largest absolute Gasteiger partial charge is 0.376 e. The maximum atomic E-state index is 6.47. The number of benzene rings is 4. The fourth-order valence-corrected chi connectivity index (χ4v) is 6.68. The van der Waals surface area contributed by atoms with Crippen LogP contribution in [0.1, 0.15) is 58.4 Å². The van der Waals surface area contributed by atoms with Crippen molar-refractivity contribution in [3.05, 3.63) is 143 Å². The molecule has 0 aliphatic carbocycles. The molecule has 2 nitrogen and oxygen atoms in total. The number of hydrogen-bond acceptors (Lipinski definition) is 3. The van der Waals surface area contributed by atoms with E-state index in [9.17, 15) is 0 Å². The minimum Gasteiger partial charge on any atom is -0.376 e. The van der Waals surface area contributed by atoms with Crippen LogP contribution in [0.3, 0.4) is 0 Å². The van der Waals surface area contributed by atoms with Gasteiger partial charge in [-0.25, -0.2) is 0 Å². The van der Waals surface area contributed by atoms with Crippen LogP contribution >= 0.6 is 11.8 Å². The highest BCUT2D eigenvalue weighted by molar-refractivity contribution is 8.00. The molecular weight excluding hydrogens is 484 g/mol. The van der Waals surface area contributed by atoms with Crippen molar-refractivity contribution in [3.8, 4) is 0 Å². The highest BCUT2D eigenvalue weighted by Crippen LogP contribution is 2.44. The monoisotopic (exact) mass is 522 g/mol. The topological polar surface area (TPSA) is 18.5 Å². The Kier molecular flexibility index (Phi) is 9.71. The average Bonchev–Trinajstić information content (AvgIpc) is 2.98. The summed E-state index contributed by atoms with van der Waals surface area (Å²) < 4.78 is 12.6. The Morgan fingerprint density at radius 2 is 1.21 bits per heavy atom. The number of hydrogen-bond donors (Lipinski definition) is 0. The predicted molar refractivity (Wildman–Crippen MR) is 160 cm³/mol. The molecule has 5 rings (SSSR count). The van der Waals surface area contributed by atoms with Gasteiger partial charge in [0.2, 0.25) is 0 Å². The second-order valence-corrected chi connectivity index (χ2v) is 11.7. The lowest BCUT2D eigenvalue weighted by Gasteiger charge is -2.35. The van der Waals surface area contributed by atoms with Crippen molar-refractivity contribution in [1.82, 2.24) is 0 Å². The third-order valence-corrected chi connectivity index (χ3v) is 8.80. The standard InChI is InChI=1S/C35H38O2S/c1-2-27-13-15-28(16-14-27)21-29-17-19-32(20-18-29)35-23-33(37-25-31-11-7-4-8-12-31)22-34(38-35)26-36-24-30-9-5-3-6-10-30/h3-20,33-35H,2,21-26H2,1H3/t33-,34-,35+/m0/s1. The molecule has 1 aliphatic rings. The molecule has 3 atom stereocenters. The van der Waals surface area contributed by atoms with E-state index < -0.39 is 0 Å². The summed E-state index contributed by atoms with van der Waals surface area (Å²) in [4.78, 5) is 0. The number of aryl methyl sites for hydroxylation is 1. The van der Waals surface area contributed by atoms with Gasteiger partial charge in [0, 0.05) is 10.5 Å². The Labute approximate surface area is 232 Å². The molecule has 1 heterocycles. The van der Waals surface area contributed by atoms with Gasteiger partial charge in [-0.15, -0.1) is 11.8 Å². The molecule has 38 heavy (non-hydrogen) atoms. The van der Waals surface area contributed by atoms with E-state index in [-0.39, 0.29) is 6.10 Å². The van der Waals surface area contributed by atoms with Crippen LogP contribution < -0.4 is 0 Å². The van der Waals surface area contributed by atoms with Crippen molar-refractivity contribution in [3.63, 3.8) is 0 Å². The normalized spacial score (nSPS) is 19.3. The van der Waals surface area contributed by atoms with E-state index in [4.69, 9.17) is 9.47 Å². The number of thioether (sulfide) groups is 1. The molecular formula is C35H38O2S.